The lowest BCUT2D eigenvalue weighted by atomic mass is 10.1. The average Bonchev–Trinajstić information content (AvgIpc) is 2.39. The van der Waals surface area contributed by atoms with E-state index >= 15 is 0 Å². The maximum atomic E-state index is 12.0. The smallest absolute Gasteiger partial charge is 0.260 e. The lowest BCUT2D eigenvalue weighted by Crippen LogP contribution is -2.41. The van der Waals surface area contributed by atoms with Gasteiger partial charge in [-0.15, -0.1) is 0 Å². The fourth-order valence-corrected chi connectivity index (χ4v) is 1.97. The first-order valence-electron chi connectivity index (χ1n) is 7.26. The third-order valence-corrected chi connectivity index (χ3v) is 3.20. The second-order valence-corrected chi connectivity index (χ2v) is 5.32. The van der Waals surface area contributed by atoms with E-state index < -0.39 is 6.10 Å². The van der Waals surface area contributed by atoms with Crippen molar-refractivity contribution in [1.82, 2.24) is 5.32 Å². The SMILES string of the molecule is CCCC(C)NC(=O)C(C)Oc1ccc([C@H](C)N)cc1. The maximum Gasteiger partial charge on any atom is 0.260 e. The zero-order valence-corrected chi connectivity index (χ0v) is 12.8. The van der Waals surface area contributed by atoms with Gasteiger partial charge in [0.15, 0.2) is 6.10 Å². The highest BCUT2D eigenvalue weighted by molar-refractivity contribution is 5.80. The first-order valence-corrected chi connectivity index (χ1v) is 7.26. The number of carbonyl (C=O) groups is 1. The van der Waals surface area contributed by atoms with Gasteiger partial charge in [-0.2, -0.15) is 0 Å². The second-order valence-electron chi connectivity index (χ2n) is 5.32. The topological polar surface area (TPSA) is 64.3 Å². The molecule has 20 heavy (non-hydrogen) atoms. The van der Waals surface area contributed by atoms with Gasteiger partial charge >= 0.3 is 0 Å². The number of benzene rings is 1. The van der Waals surface area contributed by atoms with Gasteiger partial charge in [0, 0.05) is 12.1 Å². The normalized spacial score (nSPS) is 15.2. The van der Waals surface area contributed by atoms with Crippen LogP contribution in [0.15, 0.2) is 24.3 Å². The Morgan fingerprint density at radius 1 is 1.25 bits per heavy atom. The molecule has 0 bridgehead atoms. The van der Waals surface area contributed by atoms with Crippen LogP contribution in [-0.4, -0.2) is 18.1 Å². The third-order valence-electron chi connectivity index (χ3n) is 3.20. The monoisotopic (exact) mass is 278 g/mol. The third kappa shape index (κ3) is 5.21. The van der Waals surface area contributed by atoms with Crippen LogP contribution in [0.5, 0.6) is 5.75 Å². The standard InChI is InChI=1S/C16H26N2O2/c1-5-6-11(2)18-16(19)13(4)20-15-9-7-14(8-10-15)12(3)17/h7-13H,5-6,17H2,1-4H3,(H,18,19)/t11?,12-,13?/m0/s1. The zero-order chi connectivity index (χ0) is 15.1. The van der Waals surface area contributed by atoms with Gasteiger partial charge < -0.3 is 15.8 Å². The van der Waals surface area contributed by atoms with E-state index in [4.69, 9.17) is 10.5 Å². The molecule has 0 aliphatic heterocycles. The Morgan fingerprint density at radius 3 is 2.35 bits per heavy atom. The molecular weight excluding hydrogens is 252 g/mol. The van der Waals surface area contributed by atoms with Crippen molar-refractivity contribution in [3.05, 3.63) is 29.8 Å². The predicted molar refractivity (Wildman–Crippen MR) is 81.6 cm³/mol. The Morgan fingerprint density at radius 2 is 1.85 bits per heavy atom. The summed E-state index contributed by atoms with van der Waals surface area (Å²) in [5, 5.41) is 2.95. The van der Waals surface area contributed by atoms with Crippen LogP contribution in [0.25, 0.3) is 0 Å². The lowest BCUT2D eigenvalue weighted by Gasteiger charge is -2.18. The van der Waals surface area contributed by atoms with Crippen LogP contribution in [-0.2, 0) is 4.79 Å². The number of amides is 1. The van der Waals surface area contributed by atoms with E-state index in [1.807, 2.05) is 38.1 Å². The minimum atomic E-state index is -0.504. The van der Waals surface area contributed by atoms with Gasteiger partial charge in [0.1, 0.15) is 5.75 Å². The summed E-state index contributed by atoms with van der Waals surface area (Å²) in [6.45, 7) is 7.79. The Balaban J connectivity index is 2.52. The molecular formula is C16H26N2O2. The molecule has 0 aromatic heterocycles. The highest BCUT2D eigenvalue weighted by Crippen LogP contribution is 2.17. The van der Waals surface area contributed by atoms with Gasteiger partial charge in [-0.05, 0) is 44.9 Å². The Labute approximate surface area is 121 Å². The van der Waals surface area contributed by atoms with Gasteiger partial charge in [0.05, 0.1) is 0 Å². The van der Waals surface area contributed by atoms with Gasteiger partial charge in [0.2, 0.25) is 0 Å². The molecule has 2 unspecified atom stereocenters. The van der Waals surface area contributed by atoms with Crippen molar-refractivity contribution in [1.29, 1.82) is 0 Å². The molecule has 0 radical (unpaired) electrons. The van der Waals surface area contributed by atoms with Crippen LogP contribution < -0.4 is 15.8 Å². The van der Waals surface area contributed by atoms with E-state index in [1.165, 1.54) is 0 Å². The molecule has 1 amide bonds. The number of hydrogen-bond donors (Lipinski definition) is 2. The minimum Gasteiger partial charge on any atom is -0.481 e. The summed E-state index contributed by atoms with van der Waals surface area (Å²) < 4.78 is 5.64. The average molecular weight is 278 g/mol. The largest absolute Gasteiger partial charge is 0.481 e. The van der Waals surface area contributed by atoms with Crippen molar-refractivity contribution >= 4 is 5.91 Å². The summed E-state index contributed by atoms with van der Waals surface area (Å²) in [6.07, 6.45) is 1.52. The number of nitrogens with two attached hydrogens (primary N) is 1. The molecule has 0 fully saturated rings. The van der Waals surface area contributed by atoms with E-state index in [9.17, 15) is 4.79 Å². The molecule has 4 nitrogen and oxygen atoms in total. The molecule has 3 atom stereocenters. The summed E-state index contributed by atoms with van der Waals surface area (Å²) in [4.78, 5) is 12.0. The summed E-state index contributed by atoms with van der Waals surface area (Å²) in [7, 11) is 0. The van der Waals surface area contributed by atoms with Gasteiger partial charge in [-0.3, -0.25) is 4.79 Å². The molecule has 112 valence electrons. The molecule has 0 spiro atoms. The number of hydrogen-bond acceptors (Lipinski definition) is 3. The Hall–Kier alpha value is -1.55. The highest BCUT2D eigenvalue weighted by Gasteiger charge is 2.16. The first-order chi connectivity index (χ1) is 9.43. The Kier molecular flexibility index (Phi) is 6.52. The van der Waals surface area contributed by atoms with Gasteiger partial charge in [-0.1, -0.05) is 25.5 Å². The van der Waals surface area contributed by atoms with Crippen molar-refractivity contribution < 1.29 is 9.53 Å². The molecule has 0 aliphatic rings. The number of ether oxygens (including phenoxy) is 1. The summed E-state index contributed by atoms with van der Waals surface area (Å²) in [5.74, 6) is 0.599. The lowest BCUT2D eigenvalue weighted by molar-refractivity contribution is -0.127. The van der Waals surface area contributed by atoms with Crippen molar-refractivity contribution in [2.24, 2.45) is 5.73 Å². The van der Waals surface area contributed by atoms with Gasteiger partial charge in [-0.25, -0.2) is 0 Å². The van der Waals surface area contributed by atoms with Crippen LogP contribution in [0.4, 0.5) is 0 Å². The van der Waals surface area contributed by atoms with Crippen LogP contribution >= 0.6 is 0 Å². The molecule has 4 heteroatoms. The first kappa shape index (κ1) is 16.5. The van der Waals surface area contributed by atoms with Crippen molar-refractivity contribution in [2.45, 2.75) is 58.7 Å². The van der Waals surface area contributed by atoms with Crippen LogP contribution in [0.3, 0.4) is 0 Å². The summed E-state index contributed by atoms with van der Waals surface area (Å²) in [5.41, 5.74) is 6.84. The fraction of sp³-hybridized carbons (Fsp3) is 0.562. The van der Waals surface area contributed by atoms with E-state index in [-0.39, 0.29) is 18.0 Å². The van der Waals surface area contributed by atoms with Crippen LogP contribution in [0.2, 0.25) is 0 Å². The van der Waals surface area contributed by atoms with E-state index in [0.29, 0.717) is 5.75 Å². The number of nitrogens with one attached hydrogen (secondary N) is 1. The molecule has 0 heterocycles. The fourth-order valence-electron chi connectivity index (χ4n) is 1.97. The highest BCUT2D eigenvalue weighted by atomic mass is 16.5. The van der Waals surface area contributed by atoms with E-state index in [0.717, 1.165) is 18.4 Å². The maximum absolute atomic E-state index is 12.0. The number of carbonyl (C=O) groups excluding carboxylic acids is 1. The summed E-state index contributed by atoms with van der Waals surface area (Å²) >= 11 is 0. The van der Waals surface area contributed by atoms with Gasteiger partial charge in [0.25, 0.3) is 5.91 Å². The van der Waals surface area contributed by atoms with Crippen LogP contribution in [0, 0.1) is 0 Å². The number of rotatable bonds is 7. The zero-order valence-electron chi connectivity index (χ0n) is 12.8. The molecule has 0 aliphatic carbocycles. The van der Waals surface area contributed by atoms with E-state index in [1.54, 1.807) is 6.92 Å². The molecule has 1 aromatic carbocycles. The van der Waals surface area contributed by atoms with Crippen molar-refractivity contribution in [3.8, 4) is 5.75 Å². The molecule has 1 rings (SSSR count). The minimum absolute atomic E-state index is 0.000310. The Bertz CT molecular complexity index is 415. The molecule has 0 saturated heterocycles. The predicted octanol–water partition coefficient (Wildman–Crippen LogP) is 2.78. The molecule has 3 N–H and O–H groups in total. The molecule has 0 saturated carbocycles. The van der Waals surface area contributed by atoms with Crippen LogP contribution in [0.1, 0.15) is 52.1 Å². The summed E-state index contributed by atoms with van der Waals surface area (Å²) in [6, 6.07) is 7.71. The quantitative estimate of drug-likeness (QED) is 0.806. The van der Waals surface area contributed by atoms with Crippen molar-refractivity contribution in [2.75, 3.05) is 0 Å². The van der Waals surface area contributed by atoms with E-state index in [2.05, 4.69) is 12.2 Å². The van der Waals surface area contributed by atoms with Crippen molar-refractivity contribution in [3.63, 3.8) is 0 Å². The molecule has 1 aromatic rings. The second kappa shape index (κ2) is 7.90.